The van der Waals surface area contributed by atoms with Crippen LogP contribution >= 0.6 is 0 Å². The highest BCUT2D eigenvalue weighted by molar-refractivity contribution is 7.89. The Labute approximate surface area is 179 Å². The number of fused-ring (bicyclic) bond motifs is 1. The van der Waals surface area contributed by atoms with Crippen molar-refractivity contribution in [1.82, 2.24) is 14.2 Å². The maximum Gasteiger partial charge on any atom is 0.270 e. The molecule has 1 amide bonds. The molecule has 2 aromatic carbocycles. The van der Waals surface area contributed by atoms with Gasteiger partial charge in [-0.1, -0.05) is 18.2 Å². The number of amides is 1. The fraction of sp³-hybridized carbons (Fsp3) is 0.238. The van der Waals surface area contributed by atoms with Gasteiger partial charge in [-0.2, -0.15) is 4.31 Å². The molecule has 0 unspecified atom stereocenters. The summed E-state index contributed by atoms with van der Waals surface area (Å²) in [7, 11) is -3.79. The predicted molar refractivity (Wildman–Crippen MR) is 114 cm³/mol. The van der Waals surface area contributed by atoms with Gasteiger partial charge in [0.1, 0.15) is 4.90 Å². The van der Waals surface area contributed by atoms with Crippen LogP contribution in [0, 0.1) is 17.0 Å². The van der Waals surface area contributed by atoms with Crippen LogP contribution in [0.25, 0.3) is 10.9 Å². The molecular formula is C21H20N4O5S. The number of nitro groups is 1. The summed E-state index contributed by atoms with van der Waals surface area (Å²) in [6.07, 6.45) is 1.64. The first-order valence-electron chi connectivity index (χ1n) is 9.66. The van der Waals surface area contributed by atoms with Crippen LogP contribution in [0.2, 0.25) is 0 Å². The van der Waals surface area contributed by atoms with Crippen molar-refractivity contribution in [3.63, 3.8) is 0 Å². The molecule has 31 heavy (non-hydrogen) atoms. The van der Waals surface area contributed by atoms with Gasteiger partial charge >= 0.3 is 0 Å². The first-order valence-corrected chi connectivity index (χ1v) is 11.1. The average molecular weight is 440 g/mol. The van der Waals surface area contributed by atoms with E-state index in [-0.39, 0.29) is 48.2 Å². The second kappa shape index (κ2) is 8.05. The summed E-state index contributed by atoms with van der Waals surface area (Å²) in [5, 5.41) is 11.7. The number of para-hydroxylation sites is 1. The minimum absolute atomic E-state index is 0.130. The minimum Gasteiger partial charge on any atom is -0.336 e. The Bertz CT molecular complexity index is 1280. The number of nitrogens with zero attached hydrogens (tertiary/aromatic N) is 4. The SMILES string of the molecule is Cc1cnc2c(S(=O)(=O)N3CCN(C(=O)c4cccc([N+](=O)[O-])c4)CC3)cccc2c1. The van der Waals surface area contributed by atoms with E-state index in [0.29, 0.717) is 5.52 Å². The van der Waals surface area contributed by atoms with E-state index >= 15 is 0 Å². The summed E-state index contributed by atoms with van der Waals surface area (Å²) < 4.78 is 27.9. The zero-order valence-electron chi connectivity index (χ0n) is 16.8. The number of hydrogen-bond donors (Lipinski definition) is 0. The molecule has 0 bridgehead atoms. The molecule has 0 spiro atoms. The van der Waals surface area contributed by atoms with Crippen molar-refractivity contribution in [2.24, 2.45) is 0 Å². The third kappa shape index (κ3) is 3.99. The van der Waals surface area contributed by atoms with E-state index in [9.17, 15) is 23.3 Å². The van der Waals surface area contributed by atoms with Crippen molar-refractivity contribution in [3.05, 3.63) is 76.0 Å². The van der Waals surface area contributed by atoms with Gasteiger partial charge < -0.3 is 4.90 Å². The number of carbonyl (C=O) groups excluding carboxylic acids is 1. The molecule has 4 rings (SSSR count). The number of aryl methyl sites for hydroxylation is 1. The number of piperazine rings is 1. The average Bonchev–Trinajstić information content (AvgIpc) is 2.78. The zero-order chi connectivity index (χ0) is 22.2. The van der Waals surface area contributed by atoms with E-state index in [1.54, 1.807) is 18.3 Å². The topological polar surface area (TPSA) is 114 Å². The predicted octanol–water partition coefficient (Wildman–Crippen LogP) is 2.60. The summed E-state index contributed by atoms with van der Waals surface area (Å²) in [4.78, 5) is 29.1. The number of aromatic nitrogens is 1. The maximum absolute atomic E-state index is 13.3. The normalized spacial score (nSPS) is 15.2. The lowest BCUT2D eigenvalue weighted by molar-refractivity contribution is -0.384. The van der Waals surface area contributed by atoms with Crippen molar-refractivity contribution in [1.29, 1.82) is 0 Å². The molecule has 9 nitrogen and oxygen atoms in total. The molecule has 0 atom stereocenters. The molecule has 1 saturated heterocycles. The van der Waals surface area contributed by atoms with Crippen molar-refractivity contribution >= 4 is 32.5 Å². The molecule has 10 heteroatoms. The third-order valence-electron chi connectivity index (χ3n) is 5.26. The molecule has 1 aromatic heterocycles. The molecule has 2 heterocycles. The highest BCUT2D eigenvalue weighted by Gasteiger charge is 2.32. The highest BCUT2D eigenvalue weighted by atomic mass is 32.2. The maximum atomic E-state index is 13.3. The van der Waals surface area contributed by atoms with E-state index in [2.05, 4.69) is 4.98 Å². The van der Waals surface area contributed by atoms with E-state index < -0.39 is 14.9 Å². The number of benzene rings is 2. The Kier molecular flexibility index (Phi) is 5.42. The van der Waals surface area contributed by atoms with E-state index in [1.165, 1.54) is 33.5 Å². The molecule has 0 aliphatic carbocycles. The van der Waals surface area contributed by atoms with Gasteiger partial charge in [0.2, 0.25) is 10.0 Å². The van der Waals surface area contributed by atoms with Gasteiger partial charge in [-0.25, -0.2) is 8.42 Å². The standard InChI is InChI=1S/C21H20N4O5S/c1-15-12-16-4-3-7-19(20(16)22-14-15)31(29,30)24-10-8-23(9-11-24)21(26)17-5-2-6-18(13-17)25(27)28/h2-7,12-14H,8-11H2,1H3. The van der Waals surface area contributed by atoms with Gasteiger partial charge in [-0.05, 0) is 30.7 Å². The second-order valence-corrected chi connectivity index (χ2v) is 9.25. The quantitative estimate of drug-likeness (QED) is 0.455. The molecule has 3 aromatic rings. The summed E-state index contributed by atoms with van der Waals surface area (Å²) in [6.45, 7) is 2.54. The fourth-order valence-corrected chi connectivity index (χ4v) is 5.24. The molecule has 1 fully saturated rings. The molecule has 160 valence electrons. The monoisotopic (exact) mass is 440 g/mol. The van der Waals surface area contributed by atoms with Crippen LogP contribution in [-0.2, 0) is 10.0 Å². The van der Waals surface area contributed by atoms with E-state index in [1.807, 2.05) is 19.1 Å². The number of nitro benzene ring substituents is 1. The molecule has 0 N–H and O–H groups in total. The van der Waals surface area contributed by atoms with Crippen LogP contribution in [0.3, 0.4) is 0 Å². The largest absolute Gasteiger partial charge is 0.336 e. The smallest absolute Gasteiger partial charge is 0.270 e. The number of hydrogen-bond acceptors (Lipinski definition) is 6. The van der Waals surface area contributed by atoms with E-state index in [0.717, 1.165) is 10.9 Å². The van der Waals surface area contributed by atoms with Crippen LogP contribution in [-0.4, -0.2) is 59.6 Å². The molecule has 1 aliphatic rings. The van der Waals surface area contributed by atoms with E-state index in [4.69, 9.17) is 0 Å². The van der Waals surface area contributed by atoms with Crippen LogP contribution in [0.1, 0.15) is 15.9 Å². The Balaban J connectivity index is 1.53. The molecule has 0 radical (unpaired) electrons. The third-order valence-corrected chi connectivity index (χ3v) is 7.19. The zero-order valence-corrected chi connectivity index (χ0v) is 17.6. The van der Waals surface area contributed by atoms with Gasteiger partial charge in [-0.3, -0.25) is 19.9 Å². The Morgan fingerprint density at radius 3 is 2.48 bits per heavy atom. The van der Waals surface area contributed by atoms with Crippen LogP contribution in [0.4, 0.5) is 5.69 Å². The first-order chi connectivity index (χ1) is 14.8. The lowest BCUT2D eigenvalue weighted by atomic mass is 10.1. The van der Waals surface area contributed by atoms with Crippen molar-refractivity contribution in [3.8, 4) is 0 Å². The van der Waals surface area contributed by atoms with Gasteiger partial charge in [0.15, 0.2) is 0 Å². The summed E-state index contributed by atoms with van der Waals surface area (Å²) in [5.74, 6) is -0.358. The second-order valence-electron chi connectivity index (χ2n) is 7.34. The van der Waals surface area contributed by atoms with Gasteiger partial charge in [0.25, 0.3) is 11.6 Å². The lowest BCUT2D eigenvalue weighted by Gasteiger charge is -2.34. The molecule has 0 saturated carbocycles. The number of rotatable bonds is 4. The number of sulfonamides is 1. The highest BCUT2D eigenvalue weighted by Crippen LogP contribution is 2.26. The summed E-state index contributed by atoms with van der Waals surface area (Å²) in [6, 6.07) is 12.5. The van der Waals surface area contributed by atoms with Crippen molar-refractivity contribution < 1.29 is 18.1 Å². The lowest BCUT2D eigenvalue weighted by Crippen LogP contribution is -2.50. The van der Waals surface area contributed by atoms with Crippen LogP contribution < -0.4 is 0 Å². The first kappa shape index (κ1) is 20.9. The van der Waals surface area contributed by atoms with Gasteiger partial charge in [0, 0.05) is 55.5 Å². The van der Waals surface area contributed by atoms with Gasteiger partial charge in [0.05, 0.1) is 10.4 Å². The summed E-state index contributed by atoms with van der Waals surface area (Å²) in [5.41, 5.74) is 1.41. The Morgan fingerprint density at radius 1 is 1.06 bits per heavy atom. The van der Waals surface area contributed by atoms with Crippen molar-refractivity contribution in [2.45, 2.75) is 11.8 Å². The molecule has 1 aliphatic heterocycles. The van der Waals surface area contributed by atoms with Gasteiger partial charge in [-0.15, -0.1) is 0 Å². The van der Waals surface area contributed by atoms with Crippen LogP contribution in [0.15, 0.2) is 59.6 Å². The number of pyridine rings is 1. The summed E-state index contributed by atoms with van der Waals surface area (Å²) >= 11 is 0. The minimum atomic E-state index is -3.79. The number of carbonyl (C=O) groups is 1. The Morgan fingerprint density at radius 2 is 1.77 bits per heavy atom. The Hall–Kier alpha value is -3.37. The molecular weight excluding hydrogens is 420 g/mol. The number of non-ortho nitro benzene ring substituents is 1. The van der Waals surface area contributed by atoms with Crippen molar-refractivity contribution in [2.75, 3.05) is 26.2 Å². The fourth-order valence-electron chi connectivity index (χ4n) is 3.66. The van der Waals surface area contributed by atoms with Crippen LogP contribution in [0.5, 0.6) is 0 Å².